The molecule has 0 aromatic carbocycles. The van der Waals surface area contributed by atoms with Crippen molar-refractivity contribution in [3.05, 3.63) is 16.4 Å². The SMILES string of the molecule is Cn1nc(CCC(=O)O)oc1=O. The molecule has 1 rings (SSSR count). The Morgan fingerprint density at radius 3 is 2.83 bits per heavy atom. The number of aliphatic carboxylic acids is 1. The Kier molecular flexibility index (Phi) is 2.27. The molecule has 0 fully saturated rings. The summed E-state index contributed by atoms with van der Waals surface area (Å²) >= 11 is 0. The molecule has 0 spiro atoms. The van der Waals surface area contributed by atoms with Crippen LogP contribution in [0.25, 0.3) is 0 Å². The second-order valence-electron chi connectivity index (χ2n) is 2.28. The molecule has 6 heteroatoms. The number of rotatable bonds is 3. The summed E-state index contributed by atoms with van der Waals surface area (Å²) in [6.45, 7) is 0. The van der Waals surface area contributed by atoms with Gasteiger partial charge in [0.15, 0.2) is 0 Å². The van der Waals surface area contributed by atoms with Gasteiger partial charge in [0.2, 0.25) is 5.89 Å². The molecule has 6 nitrogen and oxygen atoms in total. The molecule has 0 atom stereocenters. The average molecular weight is 172 g/mol. The first-order valence-electron chi connectivity index (χ1n) is 3.34. The number of aryl methyl sites for hydroxylation is 2. The van der Waals surface area contributed by atoms with Crippen LogP contribution in [0, 0.1) is 0 Å². The van der Waals surface area contributed by atoms with E-state index in [1.807, 2.05) is 0 Å². The number of nitrogens with zero attached hydrogens (tertiary/aromatic N) is 2. The number of carboxylic acids is 1. The molecule has 0 radical (unpaired) electrons. The van der Waals surface area contributed by atoms with Crippen molar-refractivity contribution >= 4 is 5.97 Å². The lowest BCUT2D eigenvalue weighted by atomic mass is 10.3. The maximum absolute atomic E-state index is 10.7. The van der Waals surface area contributed by atoms with E-state index in [0.29, 0.717) is 0 Å². The van der Waals surface area contributed by atoms with Crippen molar-refractivity contribution in [1.29, 1.82) is 0 Å². The van der Waals surface area contributed by atoms with E-state index in [1.54, 1.807) is 0 Å². The van der Waals surface area contributed by atoms with Crippen molar-refractivity contribution in [2.45, 2.75) is 12.8 Å². The summed E-state index contributed by atoms with van der Waals surface area (Å²) < 4.78 is 5.62. The molecule has 66 valence electrons. The van der Waals surface area contributed by atoms with Gasteiger partial charge in [-0.05, 0) is 0 Å². The molecule has 1 aromatic heterocycles. The van der Waals surface area contributed by atoms with Crippen LogP contribution in [0.1, 0.15) is 12.3 Å². The van der Waals surface area contributed by atoms with Crippen LogP contribution >= 0.6 is 0 Å². The molecule has 0 saturated heterocycles. The Hall–Kier alpha value is -1.59. The fraction of sp³-hybridized carbons (Fsp3) is 0.500. The Bertz CT molecular complexity index is 338. The number of hydrogen-bond acceptors (Lipinski definition) is 4. The molecule has 1 aromatic rings. The monoisotopic (exact) mass is 172 g/mol. The van der Waals surface area contributed by atoms with Gasteiger partial charge < -0.3 is 9.52 Å². The van der Waals surface area contributed by atoms with Gasteiger partial charge in [-0.2, -0.15) is 4.68 Å². The van der Waals surface area contributed by atoms with E-state index in [2.05, 4.69) is 9.52 Å². The molecule has 0 bridgehead atoms. The Balaban J connectivity index is 2.65. The summed E-state index contributed by atoms with van der Waals surface area (Å²) in [4.78, 5) is 20.8. The molecule has 0 aliphatic carbocycles. The van der Waals surface area contributed by atoms with Crippen LogP contribution < -0.4 is 5.76 Å². The summed E-state index contributed by atoms with van der Waals surface area (Å²) in [6.07, 6.45) is 0.0609. The Morgan fingerprint density at radius 1 is 1.75 bits per heavy atom. The first-order valence-corrected chi connectivity index (χ1v) is 3.34. The van der Waals surface area contributed by atoms with Gasteiger partial charge in [-0.15, -0.1) is 5.10 Å². The lowest BCUT2D eigenvalue weighted by Gasteiger charge is -1.87. The number of carbonyl (C=O) groups is 1. The molecule has 12 heavy (non-hydrogen) atoms. The predicted octanol–water partition coefficient (Wildman–Crippen LogP) is -0.609. The van der Waals surface area contributed by atoms with Gasteiger partial charge in [0.25, 0.3) is 0 Å². The first kappa shape index (κ1) is 8.51. The Labute approximate surface area is 67.4 Å². The van der Waals surface area contributed by atoms with E-state index >= 15 is 0 Å². The van der Waals surface area contributed by atoms with Gasteiger partial charge >= 0.3 is 11.7 Å². The summed E-state index contributed by atoms with van der Waals surface area (Å²) in [7, 11) is 1.44. The zero-order valence-corrected chi connectivity index (χ0v) is 6.48. The molecule has 0 amide bonds. The van der Waals surface area contributed by atoms with Crippen LogP contribution in [0.5, 0.6) is 0 Å². The quantitative estimate of drug-likeness (QED) is 0.657. The summed E-state index contributed by atoms with van der Waals surface area (Å²) in [5.41, 5.74) is 0. The minimum Gasteiger partial charge on any atom is -0.481 e. The fourth-order valence-corrected chi connectivity index (χ4v) is 0.710. The van der Waals surface area contributed by atoms with Crippen molar-refractivity contribution in [3.8, 4) is 0 Å². The number of carboxylic acid groups (broad SMARTS) is 1. The van der Waals surface area contributed by atoms with Gasteiger partial charge in [0.05, 0.1) is 6.42 Å². The third kappa shape index (κ3) is 1.94. The molecule has 1 heterocycles. The second-order valence-corrected chi connectivity index (χ2v) is 2.28. The van der Waals surface area contributed by atoms with Gasteiger partial charge in [-0.1, -0.05) is 0 Å². The van der Waals surface area contributed by atoms with Crippen LogP contribution in [-0.2, 0) is 18.3 Å². The van der Waals surface area contributed by atoms with Gasteiger partial charge in [0.1, 0.15) is 0 Å². The highest BCUT2D eigenvalue weighted by atomic mass is 16.4. The highest BCUT2D eigenvalue weighted by Crippen LogP contribution is 1.94. The van der Waals surface area contributed by atoms with Crippen molar-refractivity contribution in [1.82, 2.24) is 9.78 Å². The largest absolute Gasteiger partial charge is 0.481 e. The van der Waals surface area contributed by atoms with Crippen LogP contribution in [0.2, 0.25) is 0 Å². The van der Waals surface area contributed by atoms with Crippen molar-refractivity contribution in [3.63, 3.8) is 0 Å². The summed E-state index contributed by atoms with van der Waals surface area (Å²) in [6, 6.07) is 0. The van der Waals surface area contributed by atoms with E-state index in [-0.39, 0.29) is 18.7 Å². The minimum atomic E-state index is -0.941. The van der Waals surface area contributed by atoms with Crippen LogP contribution in [-0.4, -0.2) is 20.9 Å². The lowest BCUT2D eigenvalue weighted by Crippen LogP contribution is -2.09. The maximum Gasteiger partial charge on any atom is 0.436 e. The molecule has 0 unspecified atom stereocenters. The second kappa shape index (κ2) is 3.21. The highest BCUT2D eigenvalue weighted by Gasteiger charge is 2.06. The summed E-state index contributed by atoms with van der Waals surface area (Å²) in [5, 5.41) is 12.0. The Morgan fingerprint density at radius 2 is 2.42 bits per heavy atom. The first-order chi connectivity index (χ1) is 5.59. The van der Waals surface area contributed by atoms with E-state index in [1.165, 1.54) is 7.05 Å². The standard InChI is InChI=1S/C6H8N2O4/c1-8-6(11)12-4(7-8)2-3-5(9)10/h2-3H2,1H3,(H,9,10). The van der Waals surface area contributed by atoms with Gasteiger partial charge in [-0.25, -0.2) is 4.79 Å². The van der Waals surface area contributed by atoms with Crippen LogP contribution in [0.4, 0.5) is 0 Å². The average Bonchev–Trinajstić information content (AvgIpc) is 2.28. The van der Waals surface area contributed by atoms with E-state index in [0.717, 1.165) is 4.68 Å². The van der Waals surface area contributed by atoms with E-state index < -0.39 is 11.7 Å². The minimum absolute atomic E-state index is 0.0834. The van der Waals surface area contributed by atoms with E-state index in [9.17, 15) is 9.59 Å². The topological polar surface area (TPSA) is 85.3 Å². The molecule has 0 saturated carbocycles. The van der Waals surface area contributed by atoms with Crippen molar-refractivity contribution < 1.29 is 14.3 Å². The third-order valence-corrected chi connectivity index (χ3v) is 1.28. The van der Waals surface area contributed by atoms with Gasteiger partial charge in [0, 0.05) is 13.5 Å². The predicted molar refractivity (Wildman–Crippen MR) is 37.7 cm³/mol. The normalized spacial score (nSPS) is 10.1. The third-order valence-electron chi connectivity index (χ3n) is 1.28. The van der Waals surface area contributed by atoms with Crippen LogP contribution in [0.15, 0.2) is 9.21 Å². The molecular formula is C6H8N2O4. The molecular weight excluding hydrogens is 164 g/mol. The van der Waals surface area contributed by atoms with Crippen LogP contribution in [0.3, 0.4) is 0 Å². The summed E-state index contributed by atoms with van der Waals surface area (Å²) in [5.74, 6) is -1.36. The fourth-order valence-electron chi connectivity index (χ4n) is 0.710. The highest BCUT2D eigenvalue weighted by molar-refractivity contribution is 5.66. The van der Waals surface area contributed by atoms with Crippen molar-refractivity contribution in [2.24, 2.45) is 7.05 Å². The number of aromatic nitrogens is 2. The molecule has 1 N–H and O–H groups in total. The number of hydrogen-bond donors (Lipinski definition) is 1. The zero-order valence-electron chi connectivity index (χ0n) is 6.48. The molecule has 0 aliphatic heterocycles. The van der Waals surface area contributed by atoms with E-state index in [4.69, 9.17) is 5.11 Å². The lowest BCUT2D eigenvalue weighted by molar-refractivity contribution is -0.137. The smallest absolute Gasteiger partial charge is 0.436 e. The van der Waals surface area contributed by atoms with Crippen molar-refractivity contribution in [2.75, 3.05) is 0 Å². The zero-order chi connectivity index (χ0) is 9.14. The molecule has 0 aliphatic rings. The maximum atomic E-state index is 10.7. The van der Waals surface area contributed by atoms with Gasteiger partial charge in [-0.3, -0.25) is 4.79 Å².